The maximum Gasteiger partial charge on any atom is 0.0718 e. The molecule has 1 fully saturated rings. The Hall–Kier alpha value is -0.650. The van der Waals surface area contributed by atoms with E-state index in [1.54, 1.807) is 0 Å². The molecule has 1 aliphatic rings. The van der Waals surface area contributed by atoms with Gasteiger partial charge in [0.15, 0.2) is 0 Å². The number of nitrogens with two attached hydrogens (primary N) is 1. The van der Waals surface area contributed by atoms with Crippen molar-refractivity contribution in [2.24, 2.45) is 5.73 Å². The minimum Gasteiger partial charge on any atom is -0.389 e. The molecule has 0 atom stereocenters. The molecule has 0 saturated carbocycles. The molecular weight excluding hydrogens is 286 g/mol. The fourth-order valence-electron chi connectivity index (χ4n) is 2.74. The summed E-state index contributed by atoms with van der Waals surface area (Å²) in [7, 11) is 0. The number of rotatable bonds is 5. The molecule has 0 amide bonds. The van der Waals surface area contributed by atoms with Crippen LogP contribution in [0, 0.1) is 0 Å². The highest BCUT2D eigenvalue weighted by Crippen LogP contribution is 2.20. The molecule has 2 rings (SSSR count). The SMILES string of the molecule is CC(C)(O)CN1CCN(Cc2ccc(CN)cc2Cl)CC1. The summed E-state index contributed by atoms with van der Waals surface area (Å²) in [5.74, 6) is 0. The number of nitrogens with zero attached hydrogens (tertiary/aromatic N) is 2. The third kappa shape index (κ3) is 5.24. The topological polar surface area (TPSA) is 52.7 Å². The van der Waals surface area contributed by atoms with Crippen molar-refractivity contribution in [3.8, 4) is 0 Å². The number of β-amino-alcohol motifs (C(OH)–C–C–N with tert-alkyl or cyclic N) is 1. The Bertz CT molecular complexity index is 465. The molecule has 1 aromatic carbocycles. The van der Waals surface area contributed by atoms with Crippen LogP contribution in [0.3, 0.4) is 0 Å². The highest BCUT2D eigenvalue weighted by atomic mass is 35.5. The maximum atomic E-state index is 9.87. The third-order valence-corrected chi connectivity index (χ3v) is 4.17. The number of halogens is 1. The average molecular weight is 312 g/mol. The minimum atomic E-state index is -0.621. The van der Waals surface area contributed by atoms with E-state index in [1.165, 1.54) is 0 Å². The van der Waals surface area contributed by atoms with E-state index in [0.29, 0.717) is 6.54 Å². The van der Waals surface area contributed by atoms with Crippen molar-refractivity contribution in [1.29, 1.82) is 0 Å². The molecule has 21 heavy (non-hydrogen) atoms. The Labute approximate surface area is 132 Å². The van der Waals surface area contributed by atoms with Crippen molar-refractivity contribution in [3.63, 3.8) is 0 Å². The summed E-state index contributed by atoms with van der Waals surface area (Å²) in [5, 5.41) is 10.7. The summed E-state index contributed by atoms with van der Waals surface area (Å²) in [6.45, 7) is 9.83. The van der Waals surface area contributed by atoms with Crippen LogP contribution in [0.4, 0.5) is 0 Å². The van der Waals surface area contributed by atoms with Crippen LogP contribution in [0.15, 0.2) is 18.2 Å². The van der Waals surface area contributed by atoms with E-state index in [2.05, 4.69) is 15.9 Å². The first-order valence-electron chi connectivity index (χ1n) is 7.52. The Kier molecular flexibility index (Phi) is 5.63. The van der Waals surface area contributed by atoms with Gasteiger partial charge in [0.1, 0.15) is 0 Å². The van der Waals surface area contributed by atoms with Crippen molar-refractivity contribution in [1.82, 2.24) is 9.80 Å². The highest BCUT2D eigenvalue weighted by Gasteiger charge is 2.22. The molecule has 1 aromatic rings. The van der Waals surface area contributed by atoms with Crippen LogP contribution in [0.1, 0.15) is 25.0 Å². The second-order valence-electron chi connectivity index (χ2n) is 6.49. The first kappa shape index (κ1) is 16.7. The molecule has 0 unspecified atom stereocenters. The lowest BCUT2D eigenvalue weighted by Crippen LogP contribution is -2.50. The van der Waals surface area contributed by atoms with Crippen LogP contribution in [0.2, 0.25) is 5.02 Å². The smallest absolute Gasteiger partial charge is 0.0718 e. The van der Waals surface area contributed by atoms with Crippen LogP contribution in [-0.2, 0) is 13.1 Å². The van der Waals surface area contributed by atoms with E-state index in [9.17, 15) is 5.11 Å². The summed E-state index contributed by atoms with van der Waals surface area (Å²) < 4.78 is 0. The van der Waals surface area contributed by atoms with Gasteiger partial charge < -0.3 is 10.8 Å². The zero-order valence-corrected chi connectivity index (χ0v) is 13.7. The van der Waals surface area contributed by atoms with E-state index in [1.807, 2.05) is 26.0 Å². The Morgan fingerprint density at radius 1 is 1.19 bits per heavy atom. The number of benzene rings is 1. The first-order chi connectivity index (χ1) is 9.87. The predicted octanol–water partition coefficient (Wildman–Crippen LogP) is 1.69. The monoisotopic (exact) mass is 311 g/mol. The second-order valence-corrected chi connectivity index (χ2v) is 6.90. The summed E-state index contributed by atoms with van der Waals surface area (Å²) >= 11 is 6.32. The van der Waals surface area contributed by atoms with Crippen LogP contribution in [0.25, 0.3) is 0 Å². The molecule has 5 heteroatoms. The van der Waals surface area contributed by atoms with Gasteiger partial charge in [-0.05, 0) is 31.0 Å². The Balaban J connectivity index is 1.86. The van der Waals surface area contributed by atoms with E-state index in [4.69, 9.17) is 17.3 Å². The number of aliphatic hydroxyl groups is 1. The van der Waals surface area contributed by atoms with Crippen LogP contribution >= 0.6 is 11.6 Å². The third-order valence-electron chi connectivity index (χ3n) is 3.82. The molecule has 118 valence electrons. The van der Waals surface area contributed by atoms with Gasteiger partial charge in [-0.1, -0.05) is 23.7 Å². The summed E-state index contributed by atoms with van der Waals surface area (Å²) in [4.78, 5) is 4.72. The Morgan fingerprint density at radius 2 is 1.81 bits per heavy atom. The normalized spacial score (nSPS) is 18.1. The van der Waals surface area contributed by atoms with Crippen molar-refractivity contribution in [2.45, 2.75) is 32.5 Å². The van der Waals surface area contributed by atoms with E-state index in [0.717, 1.165) is 55.4 Å². The lowest BCUT2D eigenvalue weighted by molar-refractivity contribution is 0.0167. The van der Waals surface area contributed by atoms with Gasteiger partial charge in [-0.2, -0.15) is 0 Å². The van der Waals surface area contributed by atoms with Gasteiger partial charge in [-0.3, -0.25) is 9.80 Å². The quantitative estimate of drug-likeness (QED) is 0.869. The van der Waals surface area contributed by atoms with Crippen molar-refractivity contribution in [3.05, 3.63) is 34.3 Å². The zero-order chi connectivity index (χ0) is 15.5. The predicted molar refractivity (Wildman–Crippen MR) is 87.4 cm³/mol. The van der Waals surface area contributed by atoms with Crippen LogP contribution in [0.5, 0.6) is 0 Å². The summed E-state index contributed by atoms with van der Waals surface area (Å²) in [6.07, 6.45) is 0. The number of piperazine rings is 1. The van der Waals surface area contributed by atoms with Gasteiger partial charge in [0.25, 0.3) is 0 Å². The van der Waals surface area contributed by atoms with Crippen LogP contribution < -0.4 is 5.73 Å². The molecule has 0 spiro atoms. The first-order valence-corrected chi connectivity index (χ1v) is 7.89. The molecular formula is C16H26ClN3O. The summed E-state index contributed by atoms with van der Waals surface area (Å²) in [6, 6.07) is 6.08. The van der Waals surface area contributed by atoms with Gasteiger partial charge in [0.2, 0.25) is 0 Å². The molecule has 1 heterocycles. The lowest BCUT2D eigenvalue weighted by atomic mass is 10.1. The standard InChI is InChI=1S/C16H26ClN3O/c1-16(2,21)12-20-7-5-19(6-8-20)11-14-4-3-13(10-18)9-15(14)17/h3-4,9,21H,5-8,10-12,18H2,1-2H3. The lowest BCUT2D eigenvalue weighted by Gasteiger charge is -2.37. The van der Waals surface area contributed by atoms with E-state index in [-0.39, 0.29) is 0 Å². The average Bonchev–Trinajstić information content (AvgIpc) is 2.41. The molecule has 1 aliphatic heterocycles. The largest absolute Gasteiger partial charge is 0.389 e. The number of hydrogen-bond acceptors (Lipinski definition) is 4. The van der Waals surface area contributed by atoms with Crippen LogP contribution in [-0.4, -0.2) is 53.2 Å². The molecule has 0 aliphatic carbocycles. The van der Waals surface area contributed by atoms with Crippen molar-refractivity contribution in [2.75, 3.05) is 32.7 Å². The minimum absolute atomic E-state index is 0.523. The molecule has 1 saturated heterocycles. The van der Waals surface area contributed by atoms with Crippen molar-refractivity contribution >= 4 is 11.6 Å². The van der Waals surface area contributed by atoms with Gasteiger partial charge in [0.05, 0.1) is 5.60 Å². The van der Waals surface area contributed by atoms with Gasteiger partial charge >= 0.3 is 0 Å². The fraction of sp³-hybridized carbons (Fsp3) is 0.625. The zero-order valence-electron chi connectivity index (χ0n) is 13.0. The second kappa shape index (κ2) is 7.07. The van der Waals surface area contributed by atoms with Gasteiger partial charge in [-0.15, -0.1) is 0 Å². The molecule has 0 bridgehead atoms. The Morgan fingerprint density at radius 3 is 2.33 bits per heavy atom. The fourth-order valence-corrected chi connectivity index (χ4v) is 3.00. The molecule has 0 aromatic heterocycles. The molecule has 4 nitrogen and oxygen atoms in total. The molecule has 0 radical (unpaired) electrons. The highest BCUT2D eigenvalue weighted by molar-refractivity contribution is 6.31. The van der Waals surface area contributed by atoms with E-state index >= 15 is 0 Å². The van der Waals surface area contributed by atoms with Crippen molar-refractivity contribution < 1.29 is 5.11 Å². The number of hydrogen-bond donors (Lipinski definition) is 2. The van der Waals surface area contributed by atoms with Gasteiger partial charge in [0, 0.05) is 50.8 Å². The maximum absolute atomic E-state index is 9.87. The van der Waals surface area contributed by atoms with E-state index < -0.39 is 5.60 Å². The van der Waals surface area contributed by atoms with Gasteiger partial charge in [-0.25, -0.2) is 0 Å². The summed E-state index contributed by atoms with van der Waals surface area (Å²) in [5.41, 5.74) is 7.23. The molecule has 3 N–H and O–H groups in total.